The van der Waals surface area contributed by atoms with Crippen molar-refractivity contribution >= 4 is 11.4 Å². The first kappa shape index (κ1) is 11.3. The summed E-state index contributed by atoms with van der Waals surface area (Å²) in [5.41, 5.74) is 0.339. The Kier molecular flexibility index (Phi) is 3.46. The fraction of sp³-hybridized carbons (Fsp3) is 0.333. The van der Waals surface area contributed by atoms with Crippen LogP contribution in [0, 0.1) is 10.1 Å². The van der Waals surface area contributed by atoms with Gasteiger partial charge in [0.15, 0.2) is 5.75 Å². The lowest BCUT2D eigenvalue weighted by Crippen LogP contribution is -2.17. The normalized spacial score (nSPS) is 9.80. The second-order valence-corrected chi connectivity index (χ2v) is 2.83. The van der Waals surface area contributed by atoms with E-state index in [1.54, 1.807) is 6.92 Å². The first-order valence-electron chi connectivity index (χ1n) is 4.39. The van der Waals surface area contributed by atoms with E-state index in [1.807, 2.05) is 0 Å². The van der Waals surface area contributed by atoms with Gasteiger partial charge in [-0.1, -0.05) is 0 Å². The fourth-order valence-electron chi connectivity index (χ4n) is 1.16. The number of nitro benzene ring substituents is 1. The maximum atomic E-state index is 10.5. The average molecular weight is 212 g/mol. The summed E-state index contributed by atoms with van der Waals surface area (Å²) in [5.74, 6) is 0.272. The highest BCUT2D eigenvalue weighted by Crippen LogP contribution is 2.30. The van der Waals surface area contributed by atoms with Crippen LogP contribution in [0.1, 0.15) is 6.92 Å². The van der Waals surface area contributed by atoms with Crippen LogP contribution in [-0.2, 0) is 0 Å². The third-order valence-electron chi connectivity index (χ3n) is 1.95. The summed E-state index contributed by atoms with van der Waals surface area (Å²) in [6.45, 7) is 2.12. The van der Waals surface area contributed by atoms with Gasteiger partial charge in [-0.2, -0.15) is 0 Å². The molecule has 0 saturated carbocycles. The Bertz CT molecular complexity index is 367. The van der Waals surface area contributed by atoms with Crippen molar-refractivity contribution in [3.05, 3.63) is 28.3 Å². The summed E-state index contributed by atoms with van der Waals surface area (Å²) in [6, 6.07) is 4.03. The molecule has 0 aliphatic carbocycles. The lowest BCUT2D eigenvalue weighted by Gasteiger charge is -2.17. The van der Waals surface area contributed by atoms with Crippen molar-refractivity contribution in [1.29, 1.82) is 0 Å². The number of rotatable bonds is 4. The highest BCUT2D eigenvalue weighted by Gasteiger charge is 2.13. The number of hydroxylamine groups is 1. The van der Waals surface area contributed by atoms with E-state index in [4.69, 9.17) is 4.74 Å². The number of nitro groups is 1. The van der Waals surface area contributed by atoms with E-state index in [0.717, 1.165) is 5.06 Å². The van der Waals surface area contributed by atoms with Gasteiger partial charge in [-0.3, -0.25) is 20.4 Å². The van der Waals surface area contributed by atoms with E-state index >= 15 is 0 Å². The summed E-state index contributed by atoms with van der Waals surface area (Å²) < 4.78 is 4.95. The molecule has 82 valence electrons. The zero-order valence-electron chi connectivity index (χ0n) is 8.51. The number of benzene rings is 1. The molecule has 15 heavy (non-hydrogen) atoms. The highest BCUT2D eigenvalue weighted by atomic mass is 16.6. The quantitative estimate of drug-likeness (QED) is 0.608. The van der Waals surface area contributed by atoms with Gasteiger partial charge in [0.25, 0.3) is 5.69 Å². The standard InChI is InChI=1S/C9H12N2O4/c1-3-10(12)8-5-4-7(11(13)14)6-9(8)15-2/h4-6,12H,3H2,1-2H3. The van der Waals surface area contributed by atoms with E-state index in [0.29, 0.717) is 12.2 Å². The second kappa shape index (κ2) is 4.61. The molecule has 0 bridgehead atoms. The first-order chi connectivity index (χ1) is 7.10. The minimum Gasteiger partial charge on any atom is -0.494 e. The molecule has 1 aromatic carbocycles. The van der Waals surface area contributed by atoms with Crippen LogP contribution >= 0.6 is 0 Å². The largest absolute Gasteiger partial charge is 0.494 e. The first-order valence-corrected chi connectivity index (χ1v) is 4.39. The Balaban J connectivity index is 3.14. The summed E-state index contributed by atoms with van der Waals surface area (Å²) >= 11 is 0. The van der Waals surface area contributed by atoms with E-state index < -0.39 is 4.92 Å². The van der Waals surface area contributed by atoms with Crippen LogP contribution in [0.2, 0.25) is 0 Å². The molecule has 0 spiro atoms. The molecule has 0 saturated heterocycles. The van der Waals surface area contributed by atoms with Gasteiger partial charge >= 0.3 is 0 Å². The minimum absolute atomic E-state index is 0.0693. The molecular formula is C9H12N2O4. The van der Waals surface area contributed by atoms with Crippen molar-refractivity contribution in [3.8, 4) is 5.75 Å². The Morgan fingerprint density at radius 3 is 2.73 bits per heavy atom. The summed E-state index contributed by atoms with van der Waals surface area (Å²) in [4.78, 5) is 9.98. The Hall–Kier alpha value is -1.82. The fourth-order valence-corrected chi connectivity index (χ4v) is 1.16. The molecule has 1 N–H and O–H groups in total. The minimum atomic E-state index is -0.514. The predicted octanol–water partition coefficient (Wildman–Crippen LogP) is 1.82. The van der Waals surface area contributed by atoms with Gasteiger partial charge in [-0.15, -0.1) is 0 Å². The Labute approximate surface area is 86.8 Å². The van der Waals surface area contributed by atoms with Gasteiger partial charge in [0.1, 0.15) is 5.69 Å². The Morgan fingerprint density at radius 1 is 1.60 bits per heavy atom. The number of hydrogen-bond acceptors (Lipinski definition) is 5. The molecule has 6 nitrogen and oxygen atoms in total. The van der Waals surface area contributed by atoms with Crippen molar-refractivity contribution in [1.82, 2.24) is 0 Å². The van der Waals surface area contributed by atoms with Gasteiger partial charge < -0.3 is 4.74 Å². The molecule has 6 heteroatoms. The third kappa shape index (κ3) is 2.35. The van der Waals surface area contributed by atoms with Gasteiger partial charge in [0, 0.05) is 12.6 Å². The number of anilines is 1. The summed E-state index contributed by atoms with van der Waals surface area (Å²) in [7, 11) is 1.39. The van der Waals surface area contributed by atoms with Crippen molar-refractivity contribution < 1.29 is 14.9 Å². The number of methoxy groups -OCH3 is 1. The van der Waals surface area contributed by atoms with Crippen LogP contribution in [0.3, 0.4) is 0 Å². The molecule has 0 aromatic heterocycles. The zero-order valence-corrected chi connectivity index (χ0v) is 8.51. The van der Waals surface area contributed by atoms with Crippen molar-refractivity contribution in [2.24, 2.45) is 0 Å². The number of ether oxygens (including phenoxy) is 1. The van der Waals surface area contributed by atoms with Crippen LogP contribution < -0.4 is 9.80 Å². The monoisotopic (exact) mass is 212 g/mol. The second-order valence-electron chi connectivity index (χ2n) is 2.83. The highest BCUT2D eigenvalue weighted by molar-refractivity contribution is 5.60. The van der Waals surface area contributed by atoms with Crippen LogP contribution in [-0.4, -0.2) is 23.8 Å². The molecule has 1 rings (SSSR count). The van der Waals surface area contributed by atoms with Crippen LogP contribution in [0.4, 0.5) is 11.4 Å². The van der Waals surface area contributed by atoms with Crippen molar-refractivity contribution in [2.75, 3.05) is 18.7 Å². The number of nitrogens with zero attached hydrogens (tertiary/aromatic N) is 2. The summed E-state index contributed by atoms with van der Waals surface area (Å²) in [5, 5.41) is 20.9. The molecule has 0 radical (unpaired) electrons. The maximum absolute atomic E-state index is 10.5. The van der Waals surface area contributed by atoms with Crippen LogP contribution in [0.25, 0.3) is 0 Å². The molecule has 1 aromatic rings. The molecule has 0 unspecified atom stereocenters. The molecule has 0 amide bonds. The number of hydrogen-bond donors (Lipinski definition) is 1. The number of non-ortho nitro benzene ring substituents is 1. The summed E-state index contributed by atoms with van der Waals surface area (Å²) in [6.07, 6.45) is 0. The van der Waals surface area contributed by atoms with Crippen LogP contribution in [0.5, 0.6) is 5.75 Å². The lowest BCUT2D eigenvalue weighted by atomic mass is 10.2. The van der Waals surface area contributed by atoms with Crippen molar-refractivity contribution in [2.45, 2.75) is 6.92 Å². The molecular weight excluding hydrogens is 200 g/mol. The molecule has 0 atom stereocenters. The maximum Gasteiger partial charge on any atom is 0.273 e. The molecule has 0 heterocycles. The molecule has 0 aliphatic rings. The van der Waals surface area contributed by atoms with Crippen LogP contribution in [0.15, 0.2) is 18.2 Å². The van der Waals surface area contributed by atoms with E-state index in [2.05, 4.69) is 0 Å². The van der Waals surface area contributed by atoms with Gasteiger partial charge in [0.05, 0.1) is 18.1 Å². The van der Waals surface area contributed by atoms with Crippen molar-refractivity contribution in [3.63, 3.8) is 0 Å². The van der Waals surface area contributed by atoms with E-state index in [1.165, 1.54) is 25.3 Å². The van der Waals surface area contributed by atoms with E-state index in [9.17, 15) is 15.3 Å². The molecule has 0 fully saturated rings. The topological polar surface area (TPSA) is 75.8 Å². The Morgan fingerprint density at radius 2 is 2.27 bits per heavy atom. The van der Waals surface area contributed by atoms with Gasteiger partial charge in [-0.25, -0.2) is 0 Å². The van der Waals surface area contributed by atoms with Gasteiger partial charge in [0.2, 0.25) is 0 Å². The molecule has 0 aliphatic heterocycles. The smallest absolute Gasteiger partial charge is 0.273 e. The predicted molar refractivity (Wildman–Crippen MR) is 54.5 cm³/mol. The SMILES string of the molecule is CCN(O)c1ccc([N+](=O)[O-])cc1OC. The van der Waals surface area contributed by atoms with E-state index in [-0.39, 0.29) is 11.4 Å². The zero-order chi connectivity index (χ0) is 11.4. The van der Waals surface area contributed by atoms with Gasteiger partial charge in [-0.05, 0) is 13.0 Å². The average Bonchev–Trinajstić information content (AvgIpc) is 2.27. The lowest BCUT2D eigenvalue weighted by molar-refractivity contribution is -0.384. The third-order valence-corrected chi connectivity index (χ3v) is 1.95.